The van der Waals surface area contributed by atoms with Crippen molar-refractivity contribution in [3.63, 3.8) is 0 Å². The van der Waals surface area contributed by atoms with Crippen LogP contribution >= 0.6 is 0 Å². The molecule has 0 bridgehead atoms. The molecule has 0 atom stereocenters. The summed E-state index contributed by atoms with van der Waals surface area (Å²) in [5.74, 6) is -0.0636. The van der Waals surface area contributed by atoms with E-state index >= 15 is 0 Å². The van der Waals surface area contributed by atoms with Crippen LogP contribution in [-0.2, 0) is 6.42 Å². The van der Waals surface area contributed by atoms with Gasteiger partial charge in [-0.1, -0.05) is 6.07 Å². The Kier molecular flexibility index (Phi) is 5.51. The van der Waals surface area contributed by atoms with E-state index in [0.29, 0.717) is 30.9 Å². The van der Waals surface area contributed by atoms with Gasteiger partial charge in [0.1, 0.15) is 0 Å². The molecule has 0 radical (unpaired) electrons. The first-order chi connectivity index (χ1) is 12.6. The Labute approximate surface area is 153 Å². The van der Waals surface area contributed by atoms with Gasteiger partial charge in [0.25, 0.3) is 5.91 Å². The van der Waals surface area contributed by atoms with Crippen molar-refractivity contribution in [3.8, 4) is 0 Å². The summed E-state index contributed by atoms with van der Waals surface area (Å²) in [6.45, 7) is 5.86. The quantitative estimate of drug-likeness (QED) is 0.915. The summed E-state index contributed by atoms with van der Waals surface area (Å²) in [6.07, 6.45) is 5.09. The minimum atomic E-state index is -0.129. The molecule has 0 aliphatic carbocycles. The third-order valence-electron chi connectivity index (χ3n) is 4.66. The Morgan fingerprint density at radius 3 is 2.73 bits per heavy atom. The van der Waals surface area contributed by atoms with Gasteiger partial charge in [-0.15, -0.1) is 0 Å². The molecule has 1 N–H and O–H groups in total. The molecule has 0 spiro atoms. The number of aromatic nitrogens is 1. The summed E-state index contributed by atoms with van der Waals surface area (Å²) >= 11 is 0. The average Bonchev–Trinajstić information content (AvgIpc) is 2.68. The fraction of sp³-hybridized carbons (Fsp3) is 0.350. The smallest absolute Gasteiger partial charge is 0.321 e. The van der Waals surface area contributed by atoms with Crippen LogP contribution in [0.4, 0.5) is 16.2 Å². The number of urea groups is 1. The number of amides is 3. The van der Waals surface area contributed by atoms with E-state index in [1.54, 1.807) is 34.3 Å². The summed E-state index contributed by atoms with van der Waals surface area (Å²) in [5, 5.41) is 2.93. The largest absolute Gasteiger partial charge is 0.325 e. The van der Waals surface area contributed by atoms with Crippen LogP contribution in [0.2, 0.25) is 0 Å². The van der Waals surface area contributed by atoms with Crippen molar-refractivity contribution >= 4 is 23.3 Å². The Hall–Kier alpha value is -2.89. The molecule has 6 heteroatoms. The molecule has 0 unspecified atom stereocenters. The lowest BCUT2D eigenvalue weighted by molar-refractivity contribution is 0.0984. The van der Waals surface area contributed by atoms with E-state index < -0.39 is 0 Å². The Morgan fingerprint density at radius 1 is 1.23 bits per heavy atom. The molecular formula is C20H24N4O2. The van der Waals surface area contributed by atoms with Gasteiger partial charge in [-0.3, -0.25) is 9.78 Å². The lowest BCUT2D eigenvalue weighted by Crippen LogP contribution is -2.36. The van der Waals surface area contributed by atoms with E-state index in [-0.39, 0.29) is 11.9 Å². The lowest BCUT2D eigenvalue weighted by atomic mass is 10.0. The predicted molar refractivity (Wildman–Crippen MR) is 103 cm³/mol. The molecule has 0 saturated carbocycles. The van der Waals surface area contributed by atoms with E-state index in [1.165, 1.54) is 0 Å². The van der Waals surface area contributed by atoms with Gasteiger partial charge in [0.05, 0.1) is 5.56 Å². The van der Waals surface area contributed by atoms with E-state index in [2.05, 4.69) is 10.3 Å². The van der Waals surface area contributed by atoms with Gasteiger partial charge in [0.2, 0.25) is 0 Å². The summed E-state index contributed by atoms with van der Waals surface area (Å²) < 4.78 is 0. The molecule has 1 aromatic heterocycles. The minimum absolute atomic E-state index is 0.0636. The second-order valence-electron chi connectivity index (χ2n) is 6.25. The monoisotopic (exact) mass is 352 g/mol. The van der Waals surface area contributed by atoms with Crippen molar-refractivity contribution in [3.05, 3.63) is 53.9 Å². The third-order valence-corrected chi connectivity index (χ3v) is 4.66. The predicted octanol–water partition coefficient (Wildman–Crippen LogP) is 3.55. The van der Waals surface area contributed by atoms with E-state index in [4.69, 9.17) is 0 Å². The second kappa shape index (κ2) is 7.99. The van der Waals surface area contributed by atoms with Crippen molar-refractivity contribution in [2.24, 2.45) is 0 Å². The van der Waals surface area contributed by atoms with Crippen LogP contribution in [0.1, 0.15) is 36.2 Å². The van der Waals surface area contributed by atoms with Gasteiger partial charge < -0.3 is 15.1 Å². The highest BCUT2D eigenvalue weighted by Gasteiger charge is 2.24. The second-order valence-corrected chi connectivity index (χ2v) is 6.25. The number of hydrogen-bond acceptors (Lipinski definition) is 3. The number of pyridine rings is 1. The van der Waals surface area contributed by atoms with Gasteiger partial charge in [0.15, 0.2) is 0 Å². The fourth-order valence-electron chi connectivity index (χ4n) is 3.22. The van der Waals surface area contributed by atoms with Gasteiger partial charge in [0, 0.05) is 43.4 Å². The maximum atomic E-state index is 12.9. The maximum absolute atomic E-state index is 12.9. The fourth-order valence-corrected chi connectivity index (χ4v) is 3.22. The van der Waals surface area contributed by atoms with Gasteiger partial charge in [-0.25, -0.2) is 4.79 Å². The molecule has 2 aromatic rings. The zero-order chi connectivity index (χ0) is 18.5. The van der Waals surface area contributed by atoms with Crippen molar-refractivity contribution < 1.29 is 9.59 Å². The number of hydrogen-bond donors (Lipinski definition) is 1. The van der Waals surface area contributed by atoms with Gasteiger partial charge >= 0.3 is 6.03 Å². The highest BCUT2D eigenvalue weighted by molar-refractivity contribution is 6.07. The Bertz CT molecular complexity index is 788. The van der Waals surface area contributed by atoms with E-state index in [1.807, 2.05) is 32.0 Å². The Morgan fingerprint density at radius 2 is 2.04 bits per heavy atom. The number of nitrogens with zero attached hydrogens (tertiary/aromatic N) is 3. The first-order valence-corrected chi connectivity index (χ1v) is 9.04. The maximum Gasteiger partial charge on any atom is 0.321 e. The van der Waals surface area contributed by atoms with Crippen LogP contribution in [0.3, 0.4) is 0 Å². The number of benzene rings is 1. The van der Waals surface area contributed by atoms with Gasteiger partial charge in [-0.05, 0) is 56.5 Å². The summed E-state index contributed by atoms with van der Waals surface area (Å²) in [6, 6.07) is 9.20. The van der Waals surface area contributed by atoms with Crippen LogP contribution in [0.25, 0.3) is 0 Å². The van der Waals surface area contributed by atoms with Crippen LogP contribution < -0.4 is 10.2 Å². The summed E-state index contributed by atoms with van der Waals surface area (Å²) in [7, 11) is 0. The van der Waals surface area contributed by atoms with E-state index in [9.17, 15) is 9.59 Å². The molecule has 1 aliphatic heterocycles. The molecule has 1 aromatic carbocycles. The third kappa shape index (κ3) is 3.69. The standard InChI is InChI=1S/C20H24N4O2/c1-3-23(4-2)20(26)22-17-10-9-15-8-6-12-24(18(15)13-17)19(25)16-7-5-11-21-14-16/h5,7,9-11,13-14H,3-4,6,8,12H2,1-2H3,(H,22,26). The number of nitrogens with one attached hydrogen (secondary N) is 1. The zero-order valence-electron chi connectivity index (χ0n) is 15.2. The van der Waals surface area contributed by atoms with E-state index in [0.717, 1.165) is 24.1 Å². The number of carbonyl (C=O) groups excluding carboxylic acids is 2. The van der Waals surface area contributed by atoms with Crippen LogP contribution in [0, 0.1) is 0 Å². The first-order valence-electron chi connectivity index (χ1n) is 9.04. The molecule has 6 nitrogen and oxygen atoms in total. The summed E-state index contributed by atoms with van der Waals surface area (Å²) in [5.41, 5.74) is 3.25. The van der Waals surface area contributed by atoms with Gasteiger partial charge in [-0.2, -0.15) is 0 Å². The highest BCUT2D eigenvalue weighted by atomic mass is 16.2. The molecule has 0 saturated heterocycles. The number of fused-ring (bicyclic) bond motifs is 1. The SMILES string of the molecule is CCN(CC)C(=O)Nc1ccc2c(c1)N(C(=O)c1cccnc1)CCC2. The molecule has 136 valence electrons. The van der Waals surface area contributed by atoms with Crippen molar-refractivity contribution in [2.75, 3.05) is 29.9 Å². The lowest BCUT2D eigenvalue weighted by Gasteiger charge is -2.30. The van der Waals surface area contributed by atoms with Crippen LogP contribution in [0.15, 0.2) is 42.7 Å². The molecule has 2 heterocycles. The van der Waals surface area contributed by atoms with Crippen LogP contribution in [-0.4, -0.2) is 41.5 Å². The molecular weight excluding hydrogens is 328 g/mol. The van der Waals surface area contributed by atoms with Crippen molar-refractivity contribution in [2.45, 2.75) is 26.7 Å². The highest BCUT2D eigenvalue weighted by Crippen LogP contribution is 2.31. The molecule has 26 heavy (non-hydrogen) atoms. The Balaban J connectivity index is 1.86. The molecule has 3 amide bonds. The molecule has 0 fully saturated rings. The molecule has 3 rings (SSSR count). The minimum Gasteiger partial charge on any atom is -0.325 e. The number of anilines is 2. The number of carbonyl (C=O) groups is 2. The number of rotatable bonds is 4. The number of aryl methyl sites for hydroxylation is 1. The van der Waals surface area contributed by atoms with Crippen molar-refractivity contribution in [1.29, 1.82) is 0 Å². The first kappa shape index (κ1) is 17.9. The summed E-state index contributed by atoms with van der Waals surface area (Å²) in [4.78, 5) is 32.7. The van der Waals surface area contributed by atoms with Crippen molar-refractivity contribution in [1.82, 2.24) is 9.88 Å². The van der Waals surface area contributed by atoms with Crippen LogP contribution in [0.5, 0.6) is 0 Å². The molecule has 1 aliphatic rings. The zero-order valence-corrected chi connectivity index (χ0v) is 15.2. The normalized spacial score (nSPS) is 13.1. The topological polar surface area (TPSA) is 65.5 Å². The average molecular weight is 352 g/mol.